The molecule has 2 fully saturated rings. The maximum Gasteiger partial charge on any atom is 0.196 e. The van der Waals surface area contributed by atoms with Crippen LogP contribution in [0.5, 0.6) is 0 Å². The van der Waals surface area contributed by atoms with Gasteiger partial charge in [0, 0.05) is 0 Å². The number of nitrogens with zero attached hydrogens (tertiary/aromatic N) is 1. The molecule has 0 aromatic heterocycles. The summed E-state index contributed by atoms with van der Waals surface area (Å²) in [5.41, 5.74) is 3.08. The van der Waals surface area contributed by atoms with Crippen LogP contribution in [0.25, 0.3) is 0 Å². The van der Waals surface area contributed by atoms with Crippen molar-refractivity contribution in [2.24, 2.45) is 17.8 Å². The highest BCUT2D eigenvalue weighted by atomic mass is 19.1. The monoisotopic (exact) mass is 437 g/mol. The van der Waals surface area contributed by atoms with Crippen molar-refractivity contribution in [1.82, 2.24) is 0 Å². The highest BCUT2D eigenvalue weighted by molar-refractivity contribution is 5.26. The standard InChI is InChI=1S/C30H44FN/c1-2-3-4-5-6-8-24-11-15-26(16-12-24)28-19-21-29(22-20-28)27-17-13-25(14-18-27)9-7-10-30(31)23-32/h10-12,15-16,25,27-29H,2-9,13-14,17-22H2,1H3/b30-10-. The SMILES string of the molecule is CCCCCCCc1ccc(C2CCC(C3CCC(CC/C=C(\F)C#N)CC3)CC2)cc1. The molecular weight excluding hydrogens is 393 g/mol. The van der Waals surface area contributed by atoms with E-state index in [1.54, 1.807) is 11.6 Å². The Bertz CT molecular complexity index is 712. The van der Waals surface area contributed by atoms with Crippen LogP contribution in [0.15, 0.2) is 36.2 Å². The number of rotatable bonds is 11. The third kappa shape index (κ3) is 8.06. The molecule has 1 nitrogen and oxygen atoms in total. The van der Waals surface area contributed by atoms with Crippen molar-refractivity contribution in [1.29, 1.82) is 5.26 Å². The van der Waals surface area contributed by atoms with Crippen molar-refractivity contribution in [3.8, 4) is 6.07 Å². The molecule has 2 saturated carbocycles. The van der Waals surface area contributed by atoms with Gasteiger partial charge in [0.15, 0.2) is 5.83 Å². The fourth-order valence-corrected chi connectivity index (χ4v) is 6.25. The van der Waals surface area contributed by atoms with Crippen LogP contribution < -0.4 is 0 Å². The summed E-state index contributed by atoms with van der Waals surface area (Å²) in [6, 6.07) is 11.2. The molecule has 32 heavy (non-hydrogen) atoms. The molecule has 0 atom stereocenters. The summed E-state index contributed by atoms with van der Waals surface area (Å²) >= 11 is 0. The number of nitriles is 1. The maximum atomic E-state index is 13.0. The molecule has 2 heteroatoms. The number of unbranched alkanes of at least 4 members (excludes halogenated alkanes) is 4. The lowest BCUT2D eigenvalue weighted by Gasteiger charge is -2.38. The molecule has 2 aliphatic rings. The minimum atomic E-state index is -0.618. The molecule has 0 radical (unpaired) electrons. The molecule has 1 aromatic rings. The van der Waals surface area contributed by atoms with E-state index in [9.17, 15) is 4.39 Å². The lowest BCUT2D eigenvalue weighted by Crippen LogP contribution is -2.25. The molecule has 1 aromatic carbocycles. The zero-order valence-electron chi connectivity index (χ0n) is 20.3. The fraction of sp³-hybridized carbons (Fsp3) is 0.700. The van der Waals surface area contributed by atoms with Gasteiger partial charge in [-0.1, -0.05) is 69.7 Å². The van der Waals surface area contributed by atoms with Gasteiger partial charge in [-0.15, -0.1) is 0 Å². The van der Waals surface area contributed by atoms with Gasteiger partial charge < -0.3 is 0 Å². The lowest BCUT2D eigenvalue weighted by molar-refractivity contribution is 0.157. The molecule has 0 N–H and O–H groups in total. The number of aryl methyl sites for hydroxylation is 1. The molecule has 0 bridgehead atoms. The molecule has 3 rings (SSSR count). The van der Waals surface area contributed by atoms with Gasteiger partial charge in [-0.25, -0.2) is 0 Å². The highest BCUT2D eigenvalue weighted by Crippen LogP contribution is 2.44. The normalized spacial score (nSPS) is 26.6. The van der Waals surface area contributed by atoms with Crippen molar-refractivity contribution in [3.63, 3.8) is 0 Å². The van der Waals surface area contributed by atoms with Crippen LogP contribution in [0.4, 0.5) is 4.39 Å². The summed E-state index contributed by atoms with van der Waals surface area (Å²) in [6.45, 7) is 2.28. The quantitative estimate of drug-likeness (QED) is 0.250. The largest absolute Gasteiger partial charge is 0.196 e. The Labute approximate surface area is 196 Å². The summed E-state index contributed by atoms with van der Waals surface area (Å²) < 4.78 is 13.0. The summed E-state index contributed by atoms with van der Waals surface area (Å²) in [4.78, 5) is 0. The first-order valence-corrected chi connectivity index (χ1v) is 13.5. The predicted molar refractivity (Wildman–Crippen MR) is 133 cm³/mol. The topological polar surface area (TPSA) is 23.8 Å². The Kier molecular flexibility index (Phi) is 10.8. The summed E-state index contributed by atoms with van der Waals surface area (Å²) in [5, 5.41) is 8.52. The van der Waals surface area contributed by atoms with Crippen molar-refractivity contribution in [2.45, 2.75) is 116 Å². The second-order valence-corrected chi connectivity index (χ2v) is 10.5. The Morgan fingerprint density at radius 1 is 0.906 bits per heavy atom. The summed E-state index contributed by atoms with van der Waals surface area (Å²) in [5.74, 6) is 2.71. The third-order valence-electron chi connectivity index (χ3n) is 8.36. The summed E-state index contributed by atoms with van der Waals surface area (Å²) in [7, 11) is 0. The number of allylic oxidation sites excluding steroid dienone is 2. The fourth-order valence-electron chi connectivity index (χ4n) is 6.25. The first kappa shape index (κ1) is 25.0. The van der Waals surface area contributed by atoms with Crippen molar-refractivity contribution in [3.05, 3.63) is 47.3 Å². The van der Waals surface area contributed by atoms with Gasteiger partial charge in [-0.2, -0.15) is 9.65 Å². The van der Waals surface area contributed by atoms with Gasteiger partial charge in [0.25, 0.3) is 0 Å². The number of benzene rings is 1. The number of halogens is 1. The van der Waals surface area contributed by atoms with Gasteiger partial charge in [-0.05, 0) is 105 Å². The third-order valence-corrected chi connectivity index (χ3v) is 8.36. The van der Waals surface area contributed by atoms with Crippen molar-refractivity contribution >= 4 is 0 Å². The van der Waals surface area contributed by atoms with Gasteiger partial charge in [0.05, 0.1) is 0 Å². The van der Waals surface area contributed by atoms with Crippen LogP contribution in [0.1, 0.15) is 120 Å². The molecule has 0 heterocycles. The molecule has 2 aliphatic carbocycles. The molecule has 0 spiro atoms. The highest BCUT2D eigenvalue weighted by Gasteiger charge is 2.31. The second-order valence-electron chi connectivity index (χ2n) is 10.5. The second kappa shape index (κ2) is 13.8. The predicted octanol–water partition coefficient (Wildman–Crippen LogP) is 9.44. The van der Waals surface area contributed by atoms with Crippen molar-refractivity contribution in [2.75, 3.05) is 0 Å². The van der Waals surface area contributed by atoms with Crippen LogP contribution in [0, 0.1) is 29.1 Å². The van der Waals surface area contributed by atoms with E-state index < -0.39 is 5.83 Å². The molecule has 176 valence electrons. The van der Waals surface area contributed by atoms with Gasteiger partial charge in [-0.3, -0.25) is 0 Å². The van der Waals surface area contributed by atoms with Gasteiger partial charge >= 0.3 is 0 Å². The van der Waals surface area contributed by atoms with Crippen LogP contribution in [0.3, 0.4) is 0 Å². The molecule has 0 saturated heterocycles. The average Bonchev–Trinajstić information content (AvgIpc) is 2.85. The van der Waals surface area contributed by atoms with Gasteiger partial charge in [0.1, 0.15) is 6.07 Å². The van der Waals surface area contributed by atoms with Crippen LogP contribution >= 0.6 is 0 Å². The number of hydrogen-bond donors (Lipinski definition) is 0. The van der Waals surface area contributed by atoms with Crippen LogP contribution in [-0.4, -0.2) is 0 Å². The first-order chi connectivity index (χ1) is 15.7. The van der Waals surface area contributed by atoms with E-state index in [2.05, 4.69) is 31.2 Å². The molecule has 0 amide bonds. The summed E-state index contributed by atoms with van der Waals surface area (Å²) in [6.07, 6.45) is 22.1. The Morgan fingerprint density at radius 3 is 2.16 bits per heavy atom. The van der Waals surface area contributed by atoms with Crippen molar-refractivity contribution < 1.29 is 4.39 Å². The number of hydrogen-bond acceptors (Lipinski definition) is 1. The molecular formula is C30H44FN. The minimum absolute atomic E-state index is 0.618. The first-order valence-electron chi connectivity index (χ1n) is 13.5. The zero-order chi connectivity index (χ0) is 22.6. The lowest BCUT2D eigenvalue weighted by atomic mass is 9.68. The minimum Gasteiger partial charge on any atom is -0.195 e. The van der Waals surface area contributed by atoms with E-state index in [4.69, 9.17) is 5.26 Å². The van der Waals surface area contributed by atoms with E-state index in [0.717, 1.165) is 36.5 Å². The van der Waals surface area contributed by atoms with Crippen LogP contribution in [-0.2, 0) is 6.42 Å². The van der Waals surface area contributed by atoms with E-state index in [0.29, 0.717) is 0 Å². The molecule has 0 aliphatic heterocycles. The average molecular weight is 438 g/mol. The Hall–Kier alpha value is -1.62. The smallest absolute Gasteiger partial charge is 0.195 e. The van der Waals surface area contributed by atoms with Gasteiger partial charge in [0.2, 0.25) is 0 Å². The Morgan fingerprint density at radius 2 is 1.53 bits per heavy atom. The Balaban J connectivity index is 1.34. The van der Waals surface area contributed by atoms with E-state index in [-0.39, 0.29) is 0 Å². The molecule has 0 unspecified atom stereocenters. The zero-order valence-corrected chi connectivity index (χ0v) is 20.3. The van der Waals surface area contributed by atoms with E-state index >= 15 is 0 Å². The van der Waals surface area contributed by atoms with E-state index in [1.165, 1.54) is 102 Å². The van der Waals surface area contributed by atoms with E-state index in [1.807, 2.05) is 0 Å². The van der Waals surface area contributed by atoms with Crippen LogP contribution in [0.2, 0.25) is 0 Å². The maximum absolute atomic E-state index is 13.0.